The second kappa shape index (κ2) is 7.96. The quantitative estimate of drug-likeness (QED) is 0.623. The van der Waals surface area contributed by atoms with Crippen molar-refractivity contribution >= 4 is 17.5 Å². The highest BCUT2D eigenvalue weighted by atomic mass is 19.1. The Kier molecular flexibility index (Phi) is 5.47. The molecular weight excluding hydrogens is 343 g/mol. The molecule has 1 fully saturated rings. The first-order chi connectivity index (χ1) is 12.5. The summed E-state index contributed by atoms with van der Waals surface area (Å²) in [5.74, 6) is -1.25. The molecule has 1 amide bonds. The summed E-state index contributed by atoms with van der Waals surface area (Å²) in [5, 5.41) is 13.2. The van der Waals surface area contributed by atoms with Gasteiger partial charge in [-0.1, -0.05) is 12.1 Å². The highest BCUT2D eigenvalue weighted by Crippen LogP contribution is 2.20. The van der Waals surface area contributed by atoms with Gasteiger partial charge in [0.05, 0.1) is 11.8 Å². The Morgan fingerprint density at radius 1 is 1.19 bits per heavy atom. The molecule has 138 valence electrons. The van der Waals surface area contributed by atoms with E-state index >= 15 is 0 Å². The van der Waals surface area contributed by atoms with Crippen LogP contribution in [0.3, 0.4) is 0 Å². The van der Waals surface area contributed by atoms with Gasteiger partial charge in [-0.2, -0.15) is 0 Å². The number of hydrogen-bond acceptors (Lipinski definition) is 6. The van der Waals surface area contributed by atoms with Gasteiger partial charge in [0.25, 0.3) is 5.91 Å². The van der Waals surface area contributed by atoms with E-state index in [0.29, 0.717) is 31.9 Å². The summed E-state index contributed by atoms with van der Waals surface area (Å²) in [6.07, 6.45) is 0. The van der Waals surface area contributed by atoms with Crippen LogP contribution in [-0.4, -0.2) is 55.0 Å². The third-order valence-electron chi connectivity index (χ3n) is 4.27. The van der Waals surface area contributed by atoms with Gasteiger partial charge >= 0.3 is 5.88 Å². The number of furan rings is 1. The monoisotopic (exact) mass is 362 g/mol. The van der Waals surface area contributed by atoms with Crippen molar-refractivity contribution in [3.63, 3.8) is 0 Å². The number of nitrogens with zero attached hydrogens (tertiary/aromatic N) is 3. The van der Waals surface area contributed by atoms with Crippen molar-refractivity contribution in [3.05, 3.63) is 58.1 Å². The molecule has 1 saturated heterocycles. The lowest BCUT2D eigenvalue weighted by atomic mass is 10.2. The number of benzene rings is 1. The van der Waals surface area contributed by atoms with Crippen LogP contribution in [0.5, 0.6) is 0 Å². The van der Waals surface area contributed by atoms with E-state index in [0.717, 1.165) is 19.2 Å². The maximum absolute atomic E-state index is 13.8. The van der Waals surface area contributed by atoms with Crippen LogP contribution in [0.4, 0.5) is 16.0 Å². The fraction of sp³-hybridized carbons (Fsp3) is 0.353. The zero-order valence-electron chi connectivity index (χ0n) is 14.1. The molecule has 8 nitrogen and oxygen atoms in total. The predicted molar refractivity (Wildman–Crippen MR) is 92.7 cm³/mol. The smallest absolute Gasteiger partial charge is 0.395 e. The van der Waals surface area contributed by atoms with E-state index in [1.807, 2.05) is 11.0 Å². The standard InChI is InChI=1S/C17H19FN4O4/c18-13-3-1-2-4-14(13)21-11-9-20(10-12-21)8-7-19-17(23)15-5-6-16(26-15)22(24)25/h1-6H,7-12H2,(H,19,23). The van der Waals surface area contributed by atoms with Crippen LogP contribution in [-0.2, 0) is 0 Å². The molecule has 1 aromatic carbocycles. The molecule has 9 heteroatoms. The zero-order valence-corrected chi connectivity index (χ0v) is 14.1. The number of nitro groups is 1. The molecule has 0 saturated carbocycles. The Bertz CT molecular complexity index is 787. The Morgan fingerprint density at radius 2 is 1.92 bits per heavy atom. The fourth-order valence-electron chi connectivity index (χ4n) is 2.88. The van der Waals surface area contributed by atoms with Crippen LogP contribution in [0.1, 0.15) is 10.6 Å². The summed E-state index contributed by atoms with van der Waals surface area (Å²) in [6, 6.07) is 9.15. The van der Waals surface area contributed by atoms with Gasteiger partial charge in [0.1, 0.15) is 10.7 Å². The molecule has 1 aliphatic rings. The zero-order chi connectivity index (χ0) is 18.5. The lowest BCUT2D eigenvalue weighted by Gasteiger charge is -2.36. The van der Waals surface area contributed by atoms with Crippen LogP contribution in [0.15, 0.2) is 40.8 Å². The van der Waals surface area contributed by atoms with Crippen LogP contribution < -0.4 is 10.2 Å². The van der Waals surface area contributed by atoms with Gasteiger partial charge < -0.3 is 14.6 Å². The second-order valence-electron chi connectivity index (χ2n) is 5.93. The fourth-order valence-corrected chi connectivity index (χ4v) is 2.88. The second-order valence-corrected chi connectivity index (χ2v) is 5.93. The molecule has 2 heterocycles. The molecule has 26 heavy (non-hydrogen) atoms. The Labute approximate surface area is 149 Å². The Hall–Kier alpha value is -2.94. The molecule has 1 aliphatic heterocycles. The molecule has 0 bridgehead atoms. The van der Waals surface area contributed by atoms with Gasteiger partial charge in [-0.3, -0.25) is 19.8 Å². The first-order valence-electron chi connectivity index (χ1n) is 8.29. The number of nitrogens with one attached hydrogen (secondary N) is 1. The molecule has 0 atom stereocenters. The van der Waals surface area contributed by atoms with E-state index in [1.54, 1.807) is 12.1 Å². The normalized spacial score (nSPS) is 15.0. The number of anilines is 1. The van der Waals surface area contributed by atoms with Crippen molar-refractivity contribution in [3.8, 4) is 0 Å². The predicted octanol–water partition coefficient (Wildman–Crippen LogP) is 1.88. The highest BCUT2D eigenvalue weighted by Gasteiger charge is 2.20. The molecule has 0 radical (unpaired) electrons. The highest BCUT2D eigenvalue weighted by molar-refractivity contribution is 5.91. The largest absolute Gasteiger partial charge is 0.433 e. The van der Waals surface area contributed by atoms with Gasteiger partial charge in [0, 0.05) is 39.3 Å². The molecule has 0 unspecified atom stereocenters. The van der Waals surface area contributed by atoms with E-state index in [4.69, 9.17) is 4.42 Å². The van der Waals surface area contributed by atoms with E-state index in [9.17, 15) is 19.3 Å². The summed E-state index contributed by atoms with van der Waals surface area (Å²) in [7, 11) is 0. The minimum atomic E-state index is -0.689. The summed E-state index contributed by atoms with van der Waals surface area (Å²) in [6.45, 7) is 3.97. The van der Waals surface area contributed by atoms with Crippen LogP contribution in [0.25, 0.3) is 0 Å². The number of piperazine rings is 1. The topological polar surface area (TPSA) is 91.9 Å². The lowest BCUT2D eigenvalue weighted by molar-refractivity contribution is -0.402. The molecule has 1 N–H and O–H groups in total. The van der Waals surface area contributed by atoms with Crippen molar-refractivity contribution in [1.29, 1.82) is 0 Å². The minimum Gasteiger partial charge on any atom is -0.395 e. The van der Waals surface area contributed by atoms with E-state index < -0.39 is 16.7 Å². The summed E-state index contributed by atoms with van der Waals surface area (Å²) in [4.78, 5) is 25.9. The maximum Gasteiger partial charge on any atom is 0.433 e. The molecular formula is C17H19FN4O4. The SMILES string of the molecule is O=C(NCCN1CCN(c2ccccc2F)CC1)c1ccc([N+](=O)[O-])o1. The molecule has 0 aliphatic carbocycles. The van der Waals surface area contributed by atoms with Crippen LogP contribution >= 0.6 is 0 Å². The van der Waals surface area contributed by atoms with Crippen molar-refractivity contribution in [2.45, 2.75) is 0 Å². The van der Waals surface area contributed by atoms with Gasteiger partial charge in [-0.15, -0.1) is 0 Å². The average molecular weight is 362 g/mol. The first kappa shape index (κ1) is 17.9. The number of hydrogen-bond donors (Lipinski definition) is 1. The van der Waals surface area contributed by atoms with Gasteiger partial charge in [-0.25, -0.2) is 4.39 Å². The number of carbonyl (C=O) groups is 1. The van der Waals surface area contributed by atoms with E-state index in [2.05, 4.69) is 10.2 Å². The van der Waals surface area contributed by atoms with Gasteiger partial charge in [0.15, 0.2) is 5.76 Å². The lowest BCUT2D eigenvalue weighted by Crippen LogP contribution is -2.48. The number of rotatable bonds is 6. The van der Waals surface area contributed by atoms with E-state index in [1.165, 1.54) is 12.1 Å². The molecule has 1 aromatic heterocycles. The minimum absolute atomic E-state index is 0.0823. The third-order valence-corrected chi connectivity index (χ3v) is 4.27. The van der Waals surface area contributed by atoms with Crippen molar-refractivity contribution in [2.24, 2.45) is 0 Å². The van der Waals surface area contributed by atoms with Crippen LogP contribution in [0.2, 0.25) is 0 Å². The first-order valence-corrected chi connectivity index (χ1v) is 8.29. The number of halogens is 1. The molecule has 2 aromatic rings. The van der Waals surface area contributed by atoms with Crippen molar-refractivity contribution in [1.82, 2.24) is 10.2 Å². The van der Waals surface area contributed by atoms with Crippen molar-refractivity contribution < 1.29 is 18.5 Å². The number of para-hydroxylation sites is 1. The number of amides is 1. The van der Waals surface area contributed by atoms with Gasteiger partial charge in [-0.05, 0) is 18.2 Å². The van der Waals surface area contributed by atoms with E-state index in [-0.39, 0.29) is 11.6 Å². The van der Waals surface area contributed by atoms with Crippen LogP contribution in [0, 0.1) is 15.9 Å². The Morgan fingerprint density at radius 3 is 2.58 bits per heavy atom. The number of carbonyl (C=O) groups excluding carboxylic acids is 1. The molecule has 3 rings (SSSR count). The summed E-state index contributed by atoms with van der Waals surface area (Å²) >= 11 is 0. The summed E-state index contributed by atoms with van der Waals surface area (Å²) in [5.41, 5.74) is 0.611. The molecule has 0 spiro atoms. The third kappa shape index (κ3) is 4.17. The van der Waals surface area contributed by atoms with Gasteiger partial charge in [0.2, 0.25) is 0 Å². The maximum atomic E-state index is 13.8. The van der Waals surface area contributed by atoms with Crippen molar-refractivity contribution in [2.75, 3.05) is 44.2 Å². The summed E-state index contributed by atoms with van der Waals surface area (Å²) < 4.78 is 18.7. The Balaban J connectivity index is 1.42. The average Bonchev–Trinajstić information content (AvgIpc) is 3.13.